The lowest BCUT2D eigenvalue weighted by Gasteiger charge is -2.10. The average Bonchev–Trinajstić information content (AvgIpc) is 2.41. The second kappa shape index (κ2) is 5.36. The summed E-state index contributed by atoms with van der Waals surface area (Å²) in [5.74, 6) is -0.999. The van der Waals surface area contributed by atoms with E-state index in [1.54, 1.807) is 18.2 Å². The van der Waals surface area contributed by atoms with Gasteiger partial charge in [-0.2, -0.15) is 5.26 Å². The second-order valence-electron chi connectivity index (χ2n) is 4.00. The highest BCUT2D eigenvalue weighted by molar-refractivity contribution is 5.68. The Labute approximate surface area is 109 Å². The Morgan fingerprint density at radius 1 is 1.16 bits per heavy atom. The van der Waals surface area contributed by atoms with Crippen molar-refractivity contribution in [3.05, 3.63) is 59.2 Å². The van der Waals surface area contributed by atoms with E-state index in [0.29, 0.717) is 16.9 Å². The van der Waals surface area contributed by atoms with Crippen molar-refractivity contribution in [3.8, 4) is 6.07 Å². The van der Waals surface area contributed by atoms with Gasteiger partial charge in [0.1, 0.15) is 11.6 Å². The van der Waals surface area contributed by atoms with E-state index >= 15 is 0 Å². The first-order chi connectivity index (χ1) is 9.10. The number of nitrogens with zero attached hydrogens (tertiary/aromatic N) is 1. The Morgan fingerprint density at radius 2 is 1.95 bits per heavy atom. The Hall–Kier alpha value is -2.61. The van der Waals surface area contributed by atoms with Crippen LogP contribution in [0.3, 0.4) is 0 Å². The van der Waals surface area contributed by atoms with E-state index in [9.17, 15) is 8.78 Å². The van der Waals surface area contributed by atoms with E-state index in [1.165, 1.54) is 0 Å². The summed E-state index contributed by atoms with van der Waals surface area (Å²) >= 11 is 0. The summed E-state index contributed by atoms with van der Waals surface area (Å²) in [6, 6.07) is 9.97. The zero-order valence-corrected chi connectivity index (χ0v) is 9.95. The quantitative estimate of drug-likeness (QED) is 0.833. The van der Waals surface area contributed by atoms with Gasteiger partial charge in [0.2, 0.25) is 0 Å². The number of benzene rings is 2. The molecule has 19 heavy (non-hydrogen) atoms. The van der Waals surface area contributed by atoms with E-state index in [-0.39, 0.29) is 12.1 Å². The molecule has 0 saturated heterocycles. The predicted octanol–water partition coefficient (Wildman–Crippen LogP) is 3.03. The van der Waals surface area contributed by atoms with Crippen LogP contribution in [0.2, 0.25) is 0 Å². The third-order valence-corrected chi connectivity index (χ3v) is 2.66. The summed E-state index contributed by atoms with van der Waals surface area (Å²) in [6.45, 7) is 0.0860. The minimum Gasteiger partial charge on any atom is -0.397 e. The molecule has 0 aliphatic heterocycles. The van der Waals surface area contributed by atoms with Crippen LogP contribution in [0.15, 0.2) is 36.4 Å². The summed E-state index contributed by atoms with van der Waals surface area (Å²) in [5.41, 5.74) is 7.33. The van der Waals surface area contributed by atoms with E-state index in [2.05, 4.69) is 5.32 Å². The van der Waals surface area contributed by atoms with Crippen LogP contribution in [0.4, 0.5) is 20.2 Å². The lowest BCUT2D eigenvalue weighted by molar-refractivity contribution is 0.587. The molecule has 3 N–H and O–H groups in total. The molecule has 0 spiro atoms. The van der Waals surface area contributed by atoms with Crippen LogP contribution >= 0.6 is 0 Å². The molecule has 0 atom stereocenters. The summed E-state index contributed by atoms with van der Waals surface area (Å²) in [4.78, 5) is 0. The summed E-state index contributed by atoms with van der Waals surface area (Å²) < 4.78 is 26.4. The molecule has 0 heterocycles. The number of nitriles is 1. The van der Waals surface area contributed by atoms with Gasteiger partial charge in [0.15, 0.2) is 0 Å². The van der Waals surface area contributed by atoms with Crippen molar-refractivity contribution >= 4 is 11.4 Å². The zero-order valence-electron chi connectivity index (χ0n) is 9.95. The zero-order chi connectivity index (χ0) is 13.8. The molecule has 3 nitrogen and oxygen atoms in total. The molecular formula is C14H11F2N3. The van der Waals surface area contributed by atoms with Gasteiger partial charge >= 0.3 is 0 Å². The average molecular weight is 259 g/mol. The Kier molecular flexibility index (Phi) is 3.62. The monoisotopic (exact) mass is 259 g/mol. The molecule has 2 aromatic rings. The molecular weight excluding hydrogens is 248 g/mol. The van der Waals surface area contributed by atoms with Crippen molar-refractivity contribution in [3.63, 3.8) is 0 Å². The van der Waals surface area contributed by atoms with Crippen molar-refractivity contribution in [2.24, 2.45) is 0 Å². The summed E-state index contributed by atoms with van der Waals surface area (Å²) in [5, 5.41) is 11.7. The van der Waals surface area contributed by atoms with Gasteiger partial charge in [-0.25, -0.2) is 8.78 Å². The molecule has 96 valence electrons. The number of nitrogens with one attached hydrogen (secondary N) is 1. The van der Waals surface area contributed by atoms with Gasteiger partial charge in [-0.3, -0.25) is 0 Å². The maximum Gasteiger partial charge on any atom is 0.128 e. The topological polar surface area (TPSA) is 61.8 Å². The van der Waals surface area contributed by atoms with E-state index in [1.807, 2.05) is 6.07 Å². The molecule has 0 aromatic heterocycles. The maximum absolute atomic E-state index is 13.4. The van der Waals surface area contributed by atoms with E-state index in [4.69, 9.17) is 11.0 Å². The lowest BCUT2D eigenvalue weighted by atomic mass is 10.1. The molecule has 0 radical (unpaired) electrons. The van der Waals surface area contributed by atoms with Gasteiger partial charge in [0.05, 0.1) is 23.0 Å². The second-order valence-corrected chi connectivity index (χ2v) is 4.00. The van der Waals surface area contributed by atoms with E-state index in [0.717, 1.165) is 18.2 Å². The van der Waals surface area contributed by atoms with Gasteiger partial charge in [0.25, 0.3) is 0 Å². The normalized spacial score (nSPS) is 9.95. The Bertz CT molecular complexity index is 648. The van der Waals surface area contributed by atoms with Crippen LogP contribution < -0.4 is 11.1 Å². The standard InChI is InChI=1S/C14H11F2N3/c15-11-2-3-12(16)10(6-11)8-19-14-5-9(7-17)1-4-13(14)18/h1-6,19H,8,18H2. The fraction of sp³-hybridized carbons (Fsp3) is 0.0714. The number of halogens is 2. The largest absolute Gasteiger partial charge is 0.397 e. The summed E-state index contributed by atoms with van der Waals surface area (Å²) in [6.07, 6.45) is 0. The van der Waals surface area contributed by atoms with Gasteiger partial charge in [-0.05, 0) is 36.4 Å². The van der Waals surface area contributed by atoms with Crippen molar-refractivity contribution < 1.29 is 8.78 Å². The smallest absolute Gasteiger partial charge is 0.128 e. The van der Waals surface area contributed by atoms with Crippen LogP contribution in [-0.2, 0) is 6.54 Å². The molecule has 0 unspecified atom stereocenters. The third kappa shape index (κ3) is 2.99. The molecule has 0 amide bonds. The minimum atomic E-state index is -0.503. The van der Waals surface area contributed by atoms with Crippen LogP contribution in [0, 0.1) is 23.0 Å². The predicted molar refractivity (Wildman–Crippen MR) is 69.3 cm³/mol. The molecule has 0 bridgehead atoms. The van der Waals surface area contributed by atoms with E-state index < -0.39 is 11.6 Å². The summed E-state index contributed by atoms with van der Waals surface area (Å²) in [7, 11) is 0. The first-order valence-electron chi connectivity index (χ1n) is 5.57. The molecule has 0 saturated carbocycles. The number of anilines is 2. The highest BCUT2D eigenvalue weighted by atomic mass is 19.1. The van der Waals surface area contributed by atoms with Crippen molar-refractivity contribution in [2.45, 2.75) is 6.54 Å². The first kappa shape index (κ1) is 12.8. The van der Waals surface area contributed by atoms with Crippen LogP contribution in [0.25, 0.3) is 0 Å². The Balaban J connectivity index is 2.19. The molecule has 2 rings (SSSR count). The molecule has 5 heteroatoms. The number of nitrogens with two attached hydrogens (primary N) is 1. The van der Waals surface area contributed by atoms with Gasteiger partial charge in [-0.1, -0.05) is 0 Å². The van der Waals surface area contributed by atoms with Gasteiger partial charge < -0.3 is 11.1 Å². The lowest BCUT2D eigenvalue weighted by Crippen LogP contribution is -2.05. The van der Waals surface area contributed by atoms with Crippen molar-refractivity contribution in [2.75, 3.05) is 11.1 Å². The van der Waals surface area contributed by atoms with Crippen molar-refractivity contribution in [1.29, 1.82) is 5.26 Å². The number of hydrogen-bond acceptors (Lipinski definition) is 3. The fourth-order valence-electron chi connectivity index (χ4n) is 1.65. The Morgan fingerprint density at radius 3 is 2.68 bits per heavy atom. The first-order valence-corrected chi connectivity index (χ1v) is 5.57. The third-order valence-electron chi connectivity index (χ3n) is 2.66. The number of nitrogen functional groups attached to an aromatic ring is 1. The van der Waals surface area contributed by atoms with Crippen molar-refractivity contribution in [1.82, 2.24) is 0 Å². The maximum atomic E-state index is 13.4. The minimum absolute atomic E-state index is 0.0860. The highest BCUT2D eigenvalue weighted by Gasteiger charge is 2.05. The fourth-order valence-corrected chi connectivity index (χ4v) is 1.65. The number of rotatable bonds is 3. The molecule has 0 aliphatic carbocycles. The van der Waals surface area contributed by atoms with Crippen LogP contribution in [0.5, 0.6) is 0 Å². The molecule has 2 aromatic carbocycles. The van der Waals surface area contributed by atoms with Gasteiger partial charge in [0, 0.05) is 12.1 Å². The SMILES string of the molecule is N#Cc1ccc(N)c(NCc2cc(F)ccc2F)c1. The molecule has 0 aliphatic rings. The highest BCUT2D eigenvalue weighted by Crippen LogP contribution is 2.21. The van der Waals surface area contributed by atoms with Crippen LogP contribution in [0.1, 0.15) is 11.1 Å². The van der Waals surface area contributed by atoms with Crippen LogP contribution in [-0.4, -0.2) is 0 Å². The number of hydrogen-bond donors (Lipinski definition) is 2. The van der Waals surface area contributed by atoms with Gasteiger partial charge in [-0.15, -0.1) is 0 Å². The molecule has 0 fully saturated rings.